The highest BCUT2D eigenvalue weighted by molar-refractivity contribution is 7.13. The van der Waals surface area contributed by atoms with Gasteiger partial charge >= 0.3 is 0 Å². The maximum absolute atomic E-state index is 6.43. The highest BCUT2D eigenvalue weighted by Crippen LogP contribution is 2.37. The molecule has 25 heavy (non-hydrogen) atoms. The van der Waals surface area contributed by atoms with Crippen molar-refractivity contribution in [2.24, 2.45) is 0 Å². The first-order chi connectivity index (χ1) is 12.2. The van der Waals surface area contributed by atoms with Crippen molar-refractivity contribution in [3.63, 3.8) is 0 Å². The molecule has 1 N–H and O–H groups in total. The maximum atomic E-state index is 6.43. The van der Waals surface area contributed by atoms with E-state index >= 15 is 0 Å². The van der Waals surface area contributed by atoms with Crippen LogP contribution in [-0.4, -0.2) is 12.1 Å². The Bertz CT molecular complexity index is 837. The van der Waals surface area contributed by atoms with Crippen LogP contribution in [0, 0.1) is 6.92 Å². The van der Waals surface area contributed by atoms with E-state index in [-0.39, 0.29) is 0 Å². The zero-order chi connectivity index (χ0) is 17.6. The molecule has 0 saturated carbocycles. The van der Waals surface area contributed by atoms with Gasteiger partial charge in [0.1, 0.15) is 6.61 Å². The lowest BCUT2D eigenvalue weighted by Crippen LogP contribution is -2.03. The van der Waals surface area contributed by atoms with Crippen LogP contribution in [0.4, 0.5) is 5.13 Å². The lowest BCUT2D eigenvalue weighted by atomic mass is 10.1. The third kappa shape index (κ3) is 4.44. The molecule has 0 fully saturated rings. The fourth-order valence-corrected chi connectivity index (χ4v) is 3.24. The van der Waals surface area contributed by atoms with Crippen molar-refractivity contribution in [2.45, 2.75) is 20.1 Å². The third-order valence-corrected chi connectivity index (χ3v) is 4.81. The molecule has 4 nitrogen and oxygen atoms in total. The van der Waals surface area contributed by atoms with Gasteiger partial charge in [-0.15, -0.1) is 11.3 Å². The molecule has 2 aromatic carbocycles. The molecule has 130 valence electrons. The minimum atomic E-state index is 0.444. The van der Waals surface area contributed by atoms with Crippen LogP contribution >= 0.6 is 22.9 Å². The monoisotopic (exact) mass is 374 g/mol. The van der Waals surface area contributed by atoms with Crippen molar-refractivity contribution in [1.29, 1.82) is 0 Å². The molecule has 0 amide bonds. The summed E-state index contributed by atoms with van der Waals surface area (Å²) in [4.78, 5) is 4.20. The van der Waals surface area contributed by atoms with E-state index in [2.05, 4.69) is 23.3 Å². The number of thiazole rings is 1. The Balaban J connectivity index is 1.74. The second kappa shape index (κ2) is 8.23. The fraction of sp³-hybridized carbons (Fsp3) is 0.211. The van der Waals surface area contributed by atoms with Gasteiger partial charge in [0.15, 0.2) is 16.6 Å². The van der Waals surface area contributed by atoms with Crippen LogP contribution in [0.25, 0.3) is 0 Å². The predicted octanol–water partition coefficient (Wildman–Crippen LogP) is 5.30. The van der Waals surface area contributed by atoms with Gasteiger partial charge < -0.3 is 14.8 Å². The predicted molar refractivity (Wildman–Crippen MR) is 103 cm³/mol. The van der Waals surface area contributed by atoms with E-state index in [1.54, 1.807) is 24.6 Å². The van der Waals surface area contributed by atoms with Gasteiger partial charge in [-0.3, -0.25) is 0 Å². The topological polar surface area (TPSA) is 43.4 Å². The lowest BCUT2D eigenvalue weighted by molar-refractivity contribution is 0.284. The van der Waals surface area contributed by atoms with Gasteiger partial charge in [0.2, 0.25) is 0 Å². The second-order valence-electron chi connectivity index (χ2n) is 5.51. The maximum Gasteiger partial charge on any atom is 0.182 e. The zero-order valence-electron chi connectivity index (χ0n) is 14.1. The number of ether oxygens (including phenoxy) is 2. The first kappa shape index (κ1) is 17.6. The van der Waals surface area contributed by atoms with E-state index in [1.165, 1.54) is 5.56 Å². The van der Waals surface area contributed by atoms with Crippen LogP contribution in [0.3, 0.4) is 0 Å². The van der Waals surface area contributed by atoms with Gasteiger partial charge in [-0.2, -0.15) is 0 Å². The number of hydrogen-bond donors (Lipinski definition) is 1. The minimum absolute atomic E-state index is 0.444. The molecule has 0 spiro atoms. The number of aryl methyl sites for hydroxylation is 1. The minimum Gasteiger partial charge on any atom is -0.493 e. The largest absolute Gasteiger partial charge is 0.493 e. The number of methoxy groups -OCH3 is 1. The van der Waals surface area contributed by atoms with E-state index in [0.29, 0.717) is 29.7 Å². The Labute approximate surface area is 156 Å². The first-order valence-corrected chi connectivity index (χ1v) is 9.10. The standard InChI is InChI=1S/C19H19ClN2O2S/c1-13-5-3-4-6-15(13)12-24-18-16(20)9-14(10-17(18)23-2)11-22-19-21-7-8-25-19/h3-10H,11-12H2,1-2H3,(H,21,22). The number of nitrogens with zero attached hydrogens (tertiary/aromatic N) is 1. The SMILES string of the molecule is COc1cc(CNc2nccs2)cc(Cl)c1OCc1ccccc1C. The van der Waals surface area contributed by atoms with Gasteiger partial charge in [0, 0.05) is 18.1 Å². The van der Waals surface area contributed by atoms with Crippen molar-refractivity contribution in [1.82, 2.24) is 4.98 Å². The Morgan fingerprint density at radius 1 is 1.24 bits per heavy atom. The summed E-state index contributed by atoms with van der Waals surface area (Å²) in [7, 11) is 1.62. The van der Waals surface area contributed by atoms with Gasteiger partial charge in [0.05, 0.1) is 12.1 Å². The van der Waals surface area contributed by atoms with Crippen molar-refractivity contribution >= 4 is 28.1 Å². The number of hydrogen-bond acceptors (Lipinski definition) is 5. The van der Waals surface area contributed by atoms with E-state index < -0.39 is 0 Å². The first-order valence-electron chi connectivity index (χ1n) is 7.84. The van der Waals surface area contributed by atoms with Crippen LogP contribution in [0.1, 0.15) is 16.7 Å². The van der Waals surface area contributed by atoms with Crippen LogP contribution in [0.15, 0.2) is 48.0 Å². The summed E-state index contributed by atoms with van der Waals surface area (Å²) in [5, 5.41) is 6.59. The highest BCUT2D eigenvalue weighted by atomic mass is 35.5. The average molecular weight is 375 g/mol. The number of rotatable bonds is 7. The number of halogens is 1. The summed E-state index contributed by atoms with van der Waals surface area (Å²) in [5.74, 6) is 1.18. The number of nitrogens with one attached hydrogen (secondary N) is 1. The quantitative estimate of drug-likeness (QED) is 0.609. The van der Waals surface area contributed by atoms with Crippen molar-refractivity contribution < 1.29 is 9.47 Å². The van der Waals surface area contributed by atoms with E-state index in [9.17, 15) is 0 Å². The molecule has 0 bridgehead atoms. The molecular formula is C19H19ClN2O2S. The number of aromatic nitrogens is 1. The zero-order valence-corrected chi connectivity index (χ0v) is 15.7. The molecule has 3 rings (SSSR count). The van der Waals surface area contributed by atoms with Crippen LogP contribution in [0.5, 0.6) is 11.5 Å². The second-order valence-corrected chi connectivity index (χ2v) is 6.82. The Kier molecular flexibility index (Phi) is 5.79. The summed E-state index contributed by atoms with van der Waals surface area (Å²) >= 11 is 7.99. The van der Waals surface area contributed by atoms with Gasteiger partial charge in [-0.1, -0.05) is 35.9 Å². The fourth-order valence-electron chi connectivity index (χ4n) is 2.43. The smallest absolute Gasteiger partial charge is 0.182 e. The molecule has 6 heteroatoms. The van der Waals surface area contributed by atoms with Crippen molar-refractivity contribution in [2.75, 3.05) is 12.4 Å². The van der Waals surface area contributed by atoms with Crippen LogP contribution in [0.2, 0.25) is 5.02 Å². The van der Waals surface area contributed by atoms with E-state index in [1.807, 2.05) is 35.7 Å². The van der Waals surface area contributed by atoms with Crippen molar-refractivity contribution in [3.8, 4) is 11.5 Å². The molecule has 0 aliphatic heterocycles. The number of anilines is 1. The molecular weight excluding hydrogens is 356 g/mol. The molecule has 1 aromatic heterocycles. The van der Waals surface area contributed by atoms with Gasteiger partial charge in [-0.05, 0) is 35.7 Å². The molecule has 3 aromatic rings. The summed E-state index contributed by atoms with van der Waals surface area (Å²) in [5.41, 5.74) is 3.30. The average Bonchev–Trinajstić information content (AvgIpc) is 3.13. The molecule has 0 radical (unpaired) electrons. The number of benzene rings is 2. The van der Waals surface area contributed by atoms with Crippen molar-refractivity contribution in [3.05, 3.63) is 69.7 Å². The molecule has 0 unspecified atom stereocenters. The molecule has 0 atom stereocenters. The van der Waals surface area contributed by atoms with Gasteiger partial charge in [-0.25, -0.2) is 4.98 Å². The van der Waals surface area contributed by atoms with E-state index in [0.717, 1.165) is 16.3 Å². The summed E-state index contributed by atoms with van der Waals surface area (Å²) < 4.78 is 11.4. The Morgan fingerprint density at radius 2 is 2.08 bits per heavy atom. The lowest BCUT2D eigenvalue weighted by Gasteiger charge is -2.15. The molecule has 1 heterocycles. The van der Waals surface area contributed by atoms with E-state index in [4.69, 9.17) is 21.1 Å². The van der Waals surface area contributed by atoms with Crippen LogP contribution < -0.4 is 14.8 Å². The van der Waals surface area contributed by atoms with Crippen LogP contribution in [-0.2, 0) is 13.2 Å². The summed E-state index contributed by atoms with van der Waals surface area (Å²) in [6, 6.07) is 11.9. The molecule has 0 aliphatic rings. The summed E-state index contributed by atoms with van der Waals surface area (Å²) in [6.45, 7) is 3.12. The molecule has 0 aliphatic carbocycles. The highest BCUT2D eigenvalue weighted by Gasteiger charge is 2.13. The Morgan fingerprint density at radius 3 is 2.80 bits per heavy atom. The van der Waals surface area contributed by atoms with Gasteiger partial charge in [0.25, 0.3) is 0 Å². The normalized spacial score (nSPS) is 10.5. The third-order valence-electron chi connectivity index (χ3n) is 3.80. The Hall–Kier alpha value is -2.24. The molecule has 0 saturated heterocycles. The summed E-state index contributed by atoms with van der Waals surface area (Å²) in [6.07, 6.45) is 1.77.